The van der Waals surface area contributed by atoms with Crippen molar-refractivity contribution in [1.82, 2.24) is 29.8 Å². The van der Waals surface area contributed by atoms with Gasteiger partial charge in [0.05, 0.1) is 24.2 Å². The molecule has 0 aromatic heterocycles. The molecule has 8 rings (SSSR count). The van der Waals surface area contributed by atoms with Gasteiger partial charge in [0.15, 0.2) is 0 Å². The Hall–Kier alpha value is -5.16. The van der Waals surface area contributed by atoms with Crippen LogP contribution in [0.2, 0.25) is 0 Å². The molecule has 350 valence electrons. The summed E-state index contributed by atoms with van der Waals surface area (Å²) in [4.78, 5) is 31.0. The van der Waals surface area contributed by atoms with Crippen LogP contribution >= 0.6 is 0 Å². The fourth-order valence-corrected chi connectivity index (χ4v) is 9.49. The van der Waals surface area contributed by atoms with Gasteiger partial charge in [0.25, 0.3) is 0 Å². The van der Waals surface area contributed by atoms with Gasteiger partial charge in [-0.1, -0.05) is 74.5 Å². The topological polar surface area (TPSA) is 72.0 Å². The van der Waals surface area contributed by atoms with E-state index in [0.717, 1.165) is 87.1 Å². The van der Waals surface area contributed by atoms with Crippen molar-refractivity contribution >= 4 is 11.8 Å². The van der Waals surface area contributed by atoms with Crippen LogP contribution in [0.1, 0.15) is 80.2 Å². The number of aryl methyl sites for hydroxylation is 1. The first kappa shape index (κ1) is 47.8. The molecule has 0 atom stereocenters. The van der Waals surface area contributed by atoms with Gasteiger partial charge < -0.3 is 19.3 Å². The largest absolute Gasteiger partial charge is 0.573 e. The monoisotopic (exact) mass is 908 g/mol. The third-order valence-electron chi connectivity index (χ3n) is 13.3. The molecule has 0 bridgehead atoms. The lowest BCUT2D eigenvalue weighted by Gasteiger charge is -2.46. The van der Waals surface area contributed by atoms with Crippen LogP contribution in [0, 0.1) is 5.82 Å². The van der Waals surface area contributed by atoms with Crippen molar-refractivity contribution in [2.45, 2.75) is 109 Å². The van der Waals surface area contributed by atoms with E-state index in [1.807, 2.05) is 0 Å². The highest BCUT2D eigenvalue weighted by Gasteiger charge is 2.52. The fourth-order valence-electron chi connectivity index (χ4n) is 9.49. The summed E-state index contributed by atoms with van der Waals surface area (Å²) in [7, 11) is 2.10. The van der Waals surface area contributed by atoms with Crippen LogP contribution in [0.25, 0.3) is 0 Å². The minimum absolute atomic E-state index is 0.0463. The van der Waals surface area contributed by atoms with Crippen LogP contribution in [0.4, 0.5) is 26.3 Å². The third kappa shape index (κ3) is 12.0. The molecule has 4 aliphatic heterocycles. The lowest BCUT2D eigenvalue weighted by molar-refractivity contribution is -0.274. The molecule has 4 aromatic carbocycles. The van der Waals surface area contributed by atoms with Gasteiger partial charge in [0.1, 0.15) is 17.3 Å². The molecule has 4 aliphatic rings. The number of amides is 2. The minimum atomic E-state index is -4.73. The van der Waals surface area contributed by atoms with Gasteiger partial charge in [-0.05, 0) is 136 Å². The van der Waals surface area contributed by atoms with Crippen LogP contribution in [0.15, 0.2) is 97.1 Å². The van der Waals surface area contributed by atoms with Crippen molar-refractivity contribution in [1.29, 1.82) is 0 Å². The molecule has 0 radical (unpaired) electrons. The van der Waals surface area contributed by atoms with Crippen LogP contribution in [0.5, 0.6) is 11.5 Å². The first-order chi connectivity index (χ1) is 31.1. The number of alkyl halides is 5. The first-order valence-corrected chi connectivity index (χ1v) is 22.3. The summed E-state index contributed by atoms with van der Waals surface area (Å²) < 4.78 is 84.1. The maximum atomic E-state index is 13.4. The Balaban J connectivity index is 0.000000194. The lowest BCUT2D eigenvalue weighted by atomic mass is 9.84. The second-order valence-corrected chi connectivity index (χ2v) is 17.6. The average Bonchev–Trinajstić information content (AvgIpc) is 3.67. The van der Waals surface area contributed by atoms with Crippen molar-refractivity contribution in [3.8, 4) is 11.5 Å². The van der Waals surface area contributed by atoms with E-state index in [-0.39, 0.29) is 40.2 Å². The Labute approximate surface area is 377 Å². The summed E-state index contributed by atoms with van der Waals surface area (Å²) in [6, 6.07) is 27.0. The van der Waals surface area contributed by atoms with Gasteiger partial charge in [-0.25, -0.2) is 14.4 Å². The van der Waals surface area contributed by atoms with Crippen LogP contribution in [-0.4, -0.2) is 105 Å². The van der Waals surface area contributed by atoms with Gasteiger partial charge in [0.2, 0.25) is 11.8 Å². The molecule has 2 spiro atoms. The van der Waals surface area contributed by atoms with Gasteiger partial charge in [0, 0.05) is 25.9 Å². The van der Waals surface area contributed by atoms with Crippen molar-refractivity contribution in [2.24, 2.45) is 0 Å². The van der Waals surface area contributed by atoms with E-state index in [0.29, 0.717) is 39.0 Å². The number of piperidine rings is 2. The molecule has 0 unspecified atom stereocenters. The van der Waals surface area contributed by atoms with E-state index in [2.05, 4.69) is 74.5 Å². The van der Waals surface area contributed by atoms with Crippen molar-refractivity contribution in [3.05, 3.63) is 131 Å². The zero-order chi connectivity index (χ0) is 46.4. The molecule has 2 amide bonds. The molecular formula is C49H58F6N6O4. The second-order valence-electron chi connectivity index (χ2n) is 17.6. The summed E-state index contributed by atoms with van der Waals surface area (Å²) >= 11 is 0. The molecule has 0 aliphatic carbocycles. The number of carbonyl (C=O) groups is 2. The Bertz CT molecular complexity index is 2180. The minimum Gasteiger partial charge on any atom is -0.435 e. The van der Waals surface area contributed by atoms with E-state index >= 15 is 0 Å². The molecule has 10 nitrogen and oxygen atoms in total. The number of benzene rings is 4. The molecule has 0 saturated carbocycles. The van der Waals surface area contributed by atoms with Crippen LogP contribution in [0.3, 0.4) is 0 Å². The zero-order valence-corrected chi connectivity index (χ0v) is 37.2. The van der Waals surface area contributed by atoms with Crippen LogP contribution in [-0.2, 0) is 42.2 Å². The molecule has 4 heterocycles. The molecule has 4 saturated heterocycles. The highest BCUT2D eigenvalue weighted by atomic mass is 19.4. The summed E-state index contributed by atoms with van der Waals surface area (Å²) in [5, 5.41) is 7.93. The molecule has 16 heteroatoms. The molecule has 0 N–H and O–H groups in total. The zero-order valence-electron chi connectivity index (χ0n) is 37.2. The van der Waals surface area contributed by atoms with E-state index in [9.17, 15) is 35.9 Å². The number of hydrogen-bond acceptors (Lipinski definition) is 8. The smallest absolute Gasteiger partial charge is 0.435 e. The maximum absolute atomic E-state index is 13.4. The Morgan fingerprint density at radius 1 is 0.585 bits per heavy atom. The van der Waals surface area contributed by atoms with E-state index in [4.69, 9.17) is 0 Å². The summed E-state index contributed by atoms with van der Waals surface area (Å²) in [6.07, 6.45) is 0.711. The molecule has 4 aromatic rings. The summed E-state index contributed by atoms with van der Waals surface area (Å²) in [5.41, 5.74) is 4.43. The quantitative estimate of drug-likeness (QED) is 0.123. The number of hydrogen-bond donors (Lipinski definition) is 0. The number of halogens is 6. The summed E-state index contributed by atoms with van der Waals surface area (Å²) in [5.74, 6) is -0.368. The second kappa shape index (κ2) is 20.6. The summed E-state index contributed by atoms with van der Waals surface area (Å²) in [6.45, 7) is 7.86. The van der Waals surface area contributed by atoms with E-state index in [1.165, 1.54) is 42.0 Å². The van der Waals surface area contributed by atoms with Crippen molar-refractivity contribution in [3.63, 3.8) is 0 Å². The van der Waals surface area contributed by atoms with Gasteiger partial charge in [-0.3, -0.25) is 19.6 Å². The average molecular weight is 909 g/mol. The van der Waals surface area contributed by atoms with Gasteiger partial charge in [-0.2, -0.15) is 8.78 Å². The number of nitrogens with zero attached hydrogens (tertiary/aromatic N) is 6. The SMILES string of the molecule is CCN1CCC2(CC1)CC(=O)N(Cc1ccc(OC(F)F)cc1)N2Cc1ccc(F)cc1.CCc1ccc(CN2N(Cc3ccc(OC(F)(F)F)cc3)C(=O)CC23CCN(C)CC3)cc1. The van der Waals surface area contributed by atoms with Crippen molar-refractivity contribution in [2.75, 3.05) is 39.8 Å². The molecular weight excluding hydrogens is 851 g/mol. The number of carbonyl (C=O) groups excluding carboxylic acids is 2. The Morgan fingerprint density at radius 3 is 1.42 bits per heavy atom. The van der Waals surface area contributed by atoms with E-state index in [1.54, 1.807) is 46.4 Å². The van der Waals surface area contributed by atoms with Gasteiger partial charge in [-0.15, -0.1) is 13.2 Å². The number of hydrazine groups is 2. The predicted molar refractivity (Wildman–Crippen MR) is 233 cm³/mol. The van der Waals surface area contributed by atoms with Crippen LogP contribution < -0.4 is 9.47 Å². The maximum Gasteiger partial charge on any atom is 0.573 e. The van der Waals surface area contributed by atoms with Gasteiger partial charge >= 0.3 is 13.0 Å². The molecule has 65 heavy (non-hydrogen) atoms. The number of ether oxygens (including phenoxy) is 2. The molecule has 4 fully saturated rings. The number of rotatable bonds is 13. The lowest BCUT2D eigenvalue weighted by Crippen LogP contribution is -2.54. The van der Waals surface area contributed by atoms with Crippen molar-refractivity contribution < 1.29 is 45.4 Å². The predicted octanol–water partition coefficient (Wildman–Crippen LogP) is 9.19. The number of likely N-dealkylation sites (tertiary alicyclic amines) is 2. The standard InChI is InChI=1S/C25H30F3N3O2.C24H28F3N3O2/c1-3-19-4-6-21(7-5-19)18-31-24(12-14-29(2)15-13-24)16-23(32)30(31)17-20-8-10-22(11-9-20)33-25(26,27)28;1-2-28-13-11-24(12-14-28)15-22(31)29(30(24)17-19-3-7-20(25)8-4-19)16-18-5-9-21(10-6-18)32-23(26)27/h4-11H,3,12-18H2,1-2H3;3-10,23H,2,11-17H2,1H3. The Morgan fingerprint density at radius 2 is 0.985 bits per heavy atom. The highest BCUT2D eigenvalue weighted by molar-refractivity contribution is 5.80. The van der Waals surface area contributed by atoms with E-state index < -0.39 is 13.0 Å². The fraction of sp³-hybridized carbons (Fsp3) is 0.469. The Kier molecular flexibility index (Phi) is 15.1. The highest BCUT2D eigenvalue weighted by Crippen LogP contribution is 2.43. The third-order valence-corrected chi connectivity index (χ3v) is 13.3. The normalized spacial score (nSPS) is 19.4. The first-order valence-electron chi connectivity index (χ1n) is 22.3.